The number of nitrogens with one attached hydrogen (secondary N) is 2. The summed E-state index contributed by atoms with van der Waals surface area (Å²) in [4.78, 5) is 53.7. The predicted molar refractivity (Wildman–Crippen MR) is 137 cm³/mol. The Hall–Kier alpha value is -4.72. The van der Waals surface area contributed by atoms with Crippen LogP contribution in [0.2, 0.25) is 0 Å². The maximum atomic E-state index is 12.6. The van der Waals surface area contributed by atoms with Crippen LogP contribution in [-0.4, -0.2) is 41.9 Å². The molecule has 0 aliphatic rings. The average Bonchev–Trinajstić information content (AvgIpc) is 3.51. The molecule has 190 valence electrons. The predicted octanol–water partition coefficient (Wildman–Crippen LogP) is 2.07. The topological polar surface area (TPSA) is 170 Å². The van der Waals surface area contributed by atoms with E-state index in [0.29, 0.717) is 18.1 Å². The summed E-state index contributed by atoms with van der Waals surface area (Å²) >= 11 is 1.11. The van der Waals surface area contributed by atoms with Crippen LogP contribution in [0.5, 0.6) is 0 Å². The van der Waals surface area contributed by atoms with E-state index in [1.807, 2.05) is 30.3 Å². The van der Waals surface area contributed by atoms with Gasteiger partial charge in [0.2, 0.25) is 0 Å². The molecule has 4 rings (SSSR count). The number of H-pyrrole nitrogens is 1. The molecular formula is C23H21N7O6S. The number of furan rings is 1. The summed E-state index contributed by atoms with van der Waals surface area (Å²) in [6.45, 7) is 0.416. The summed E-state index contributed by atoms with van der Waals surface area (Å²) in [6.07, 6.45) is 4.81. The molecule has 2 N–H and O–H groups in total. The van der Waals surface area contributed by atoms with E-state index in [2.05, 4.69) is 20.5 Å². The minimum Gasteiger partial charge on any atom is -0.401 e. The lowest BCUT2D eigenvalue weighted by molar-refractivity contribution is -0.402. The van der Waals surface area contributed by atoms with E-state index in [-0.39, 0.29) is 28.6 Å². The Bertz CT molecular complexity index is 1610. The summed E-state index contributed by atoms with van der Waals surface area (Å²) in [5, 5.41) is 14.8. The van der Waals surface area contributed by atoms with E-state index in [1.165, 1.54) is 42.1 Å². The zero-order valence-electron chi connectivity index (χ0n) is 19.5. The van der Waals surface area contributed by atoms with Gasteiger partial charge in [-0.05, 0) is 30.2 Å². The summed E-state index contributed by atoms with van der Waals surface area (Å²) in [5.74, 6) is -0.586. The molecule has 37 heavy (non-hydrogen) atoms. The van der Waals surface area contributed by atoms with Crippen LogP contribution in [0.15, 0.2) is 72.8 Å². The molecule has 13 nitrogen and oxygen atoms in total. The van der Waals surface area contributed by atoms with Gasteiger partial charge in [-0.3, -0.25) is 29.3 Å². The molecule has 0 atom stereocenters. The number of fused-ring (bicyclic) bond motifs is 1. The lowest BCUT2D eigenvalue weighted by Gasteiger charge is -2.08. The second-order valence-electron chi connectivity index (χ2n) is 7.67. The lowest BCUT2D eigenvalue weighted by Crippen LogP contribution is -2.29. The minimum atomic E-state index is -0.644. The first-order valence-electron chi connectivity index (χ1n) is 10.9. The first-order chi connectivity index (χ1) is 17.8. The molecule has 0 saturated heterocycles. The number of aromatic amines is 1. The van der Waals surface area contributed by atoms with Crippen molar-refractivity contribution in [3.63, 3.8) is 0 Å². The van der Waals surface area contributed by atoms with Crippen LogP contribution < -0.4 is 16.7 Å². The van der Waals surface area contributed by atoms with Crippen molar-refractivity contribution in [2.24, 2.45) is 12.1 Å². The van der Waals surface area contributed by atoms with Gasteiger partial charge < -0.3 is 8.98 Å². The fraction of sp³-hybridized carbons (Fsp3) is 0.174. The number of allylic oxidation sites excluding steroid dienone is 1. The molecule has 1 aromatic carbocycles. The van der Waals surface area contributed by atoms with Crippen molar-refractivity contribution in [2.45, 2.75) is 18.1 Å². The van der Waals surface area contributed by atoms with Crippen LogP contribution in [0.1, 0.15) is 11.3 Å². The van der Waals surface area contributed by atoms with Gasteiger partial charge in [-0.1, -0.05) is 42.1 Å². The van der Waals surface area contributed by atoms with Crippen LogP contribution in [0.4, 0.5) is 5.88 Å². The Morgan fingerprint density at radius 2 is 2.05 bits per heavy atom. The number of imidazole rings is 1. The van der Waals surface area contributed by atoms with E-state index in [1.54, 1.807) is 4.57 Å². The minimum absolute atomic E-state index is 0.0497. The molecular weight excluding hydrogens is 502 g/mol. The lowest BCUT2D eigenvalue weighted by atomic mass is 10.1. The number of thioether (sulfide) groups is 1. The van der Waals surface area contributed by atoms with Crippen LogP contribution in [-0.2, 0) is 24.8 Å². The summed E-state index contributed by atoms with van der Waals surface area (Å²) < 4.78 is 7.93. The second-order valence-corrected chi connectivity index (χ2v) is 8.61. The highest BCUT2D eigenvalue weighted by atomic mass is 32.2. The fourth-order valence-corrected chi connectivity index (χ4v) is 4.21. The number of aromatic nitrogens is 4. The third-order valence-electron chi connectivity index (χ3n) is 5.17. The van der Waals surface area contributed by atoms with Crippen LogP contribution in [0.3, 0.4) is 0 Å². The molecule has 1 amide bonds. The average molecular weight is 524 g/mol. The summed E-state index contributed by atoms with van der Waals surface area (Å²) in [7, 11) is 1.51. The number of amides is 1. The van der Waals surface area contributed by atoms with Crippen molar-refractivity contribution >= 4 is 47.0 Å². The van der Waals surface area contributed by atoms with Crippen molar-refractivity contribution in [3.05, 3.63) is 90.8 Å². The maximum Gasteiger partial charge on any atom is 0.433 e. The molecule has 0 bridgehead atoms. The smallest absolute Gasteiger partial charge is 0.401 e. The van der Waals surface area contributed by atoms with Crippen molar-refractivity contribution in [3.8, 4) is 0 Å². The fourth-order valence-electron chi connectivity index (χ4n) is 3.40. The van der Waals surface area contributed by atoms with Gasteiger partial charge in [-0.25, -0.2) is 15.2 Å². The number of aryl methyl sites for hydroxylation is 3. The van der Waals surface area contributed by atoms with Crippen molar-refractivity contribution in [1.29, 1.82) is 0 Å². The molecule has 14 heteroatoms. The molecule has 0 radical (unpaired) electrons. The first kappa shape index (κ1) is 25.4. The molecule has 3 heterocycles. The zero-order chi connectivity index (χ0) is 26.4. The highest BCUT2D eigenvalue weighted by molar-refractivity contribution is 7.99. The standard InChI is InChI=1S/C23H21N7O6S/c1-28-20-19(21(32)26-22(28)33)29(13-11-15-6-3-2-4-7-15)23(25-20)37-14-17(31)27-24-12-5-8-16-9-10-18(36-16)30(34)35/h2-10,12H,11,13-14H2,1H3,(H,27,31)(H,26,32,33)/b8-5+,24-12+. The van der Waals surface area contributed by atoms with Crippen molar-refractivity contribution in [1.82, 2.24) is 24.5 Å². The quantitative estimate of drug-likeness (QED) is 0.138. The van der Waals surface area contributed by atoms with Crippen molar-refractivity contribution in [2.75, 3.05) is 5.75 Å². The number of hydrogen-bond acceptors (Lipinski definition) is 9. The second kappa shape index (κ2) is 11.3. The number of nitro groups is 1. The Balaban J connectivity index is 1.43. The molecule has 0 saturated carbocycles. The molecule has 3 aromatic heterocycles. The Morgan fingerprint density at radius 3 is 2.78 bits per heavy atom. The summed E-state index contributed by atoms with van der Waals surface area (Å²) in [5.41, 5.74) is 2.78. The van der Waals surface area contributed by atoms with Gasteiger partial charge in [0.25, 0.3) is 11.5 Å². The van der Waals surface area contributed by atoms with Crippen LogP contribution >= 0.6 is 11.8 Å². The molecule has 0 spiro atoms. The zero-order valence-corrected chi connectivity index (χ0v) is 20.3. The third-order valence-corrected chi connectivity index (χ3v) is 6.15. The highest BCUT2D eigenvalue weighted by Gasteiger charge is 2.18. The van der Waals surface area contributed by atoms with Crippen LogP contribution in [0, 0.1) is 10.1 Å². The SMILES string of the molecule is Cn1c(=O)[nH]c(=O)c2c1nc(SCC(=O)N/N=C/C=C/c1ccc([N+](=O)[O-])o1)n2CCc1ccccc1. The number of hydrazone groups is 1. The van der Waals surface area contributed by atoms with Gasteiger partial charge in [0, 0.05) is 19.8 Å². The van der Waals surface area contributed by atoms with E-state index >= 15 is 0 Å². The number of rotatable bonds is 10. The van der Waals surface area contributed by atoms with Gasteiger partial charge in [-0.15, -0.1) is 0 Å². The molecule has 0 aliphatic carbocycles. The highest BCUT2D eigenvalue weighted by Crippen LogP contribution is 2.22. The van der Waals surface area contributed by atoms with Crippen LogP contribution in [0.25, 0.3) is 17.2 Å². The van der Waals surface area contributed by atoms with Gasteiger partial charge >= 0.3 is 11.6 Å². The van der Waals surface area contributed by atoms with E-state index < -0.39 is 22.1 Å². The Morgan fingerprint density at radius 1 is 1.27 bits per heavy atom. The van der Waals surface area contributed by atoms with E-state index in [9.17, 15) is 24.5 Å². The largest absolute Gasteiger partial charge is 0.433 e. The Labute approximate surface area is 212 Å². The molecule has 0 aliphatic heterocycles. The van der Waals surface area contributed by atoms with Crippen molar-refractivity contribution < 1.29 is 14.1 Å². The molecule has 0 fully saturated rings. The van der Waals surface area contributed by atoms with Gasteiger partial charge in [0.05, 0.1) is 11.8 Å². The van der Waals surface area contributed by atoms with Gasteiger partial charge in [0.15, 0.2) is 16.3 Å². The monoisotopic (exact) mass is 523 g/mol. The normalized spacial score (nSPS) is 11.6. The van der Waals surface area contributed by atoms with Gasteiger partial charge in [0.1, 0.15) is 10.7 Å². The molecule has 4 aromatic rings. The third kappa shape index (κ3) is 6.10. The number of carbonyl (C=O) groups is 1. The first-order valence-corrected chi connectivity index (χ1v) is 11.9. The van der Waals surface area contributed by atoms with Gasteiger partial charge in [-0.2, -0.15) is 5.10 Å². The number of nitrogens with zero attached hydrogens (tertiary/aromatic N) is 5. The van der Waals surface area contributed by atoms with E-state index in [0.717, 1.165) is 17.3 Å². The number of hydrogen-bond donors (Lipinski definition) is 2. The van der Waals surface area contributed by atoms with E-state index in [4.69, 9.17) is 4.42 Å². The molecule has 0 unspecified atom stereocenters. The maximum absolute atomic E-state index is 12.6. The number of benzene rings is 1. The Kier molecular flexibility index (Phi) is 7.78. The number of carbonyl (C=O) groups excluding carboxylic acids is 1. The summed E-state index contributed by atoms with van der Waals surface area (Å²) in [6, 6.07) is 12.4.